The number of nitrogens with zero attached hydrogens (tertiary/aromatic N) is 2. The summed E-state index contributed by atoms with van der Waals surface area (Å²) in [5.41, 5.74) is 0.818. The molecule has 1 aromatic rings. The average molecular weight is 308 g/mol. The van der Waals surface area contributed by atoms with Crippen molar-refractivity contribution >= 4 is 10.0 Å². The van der Waals surface area contributed by atoms with Gasteiger partial charge in [-0.25, -0.2) is 8.42 Å². The Kier molecular flexibility index (Phi) is 5.34. The van der Waals surface area contributed by atoms with Crippen LogP contribution in [0.2, 0.25) is 0 Å². The summed E-state index contributed by atoms with van der Waals surface area (Å²) < 4.78 is 32.2. The first-order valence-electron chi connectivity index (χ1n) is 7.15. The quantitative estimate of drug-likeness (QED) is 0.805. The van der Waals surface area contributed by atoms with Crippen LogP contribution in [0.15, 0.2) is 29.2 Å². The van der Waals surface area contributed by atoms with Gasteiger partial charge in [0.1, 0.15) is 0 Å². The Hall–Kier alpha value is -1.42. The number of sulfonamides is 1. The molecule has 0 N–H and O–H groups in total. The molecule has 6 heteroatoms. The van der Waals surface area contributed by atoms with Gasteiger partial charge in [0.15, 0.2) is 0 Å². The van der Waals surface area contributed by atoms with Gasteiger partial charge in [0, 0.05) is 19.7 Å². The highest BCUT2D eigenvalue weighted by molar-refractivity contribution is 7.89. The second-order valence-electron chi connectivity index (χ2n) is 5.07. The van der Waals surface area contributed by atoms with E-state index in [0.717, 1.165) is 18.4 Å². The first-order valence-corrected chi connectivity index (χ1v) is 8.59. The predicted octanol–water partition coefficient (Wildman–Crippen LogP) is 1.94. The van der Waals surface area contributed by atoms with Crippen molar-refractivity contribution in [2.24, 2.45) is 0 Å². The molecule has 0 spiro atoms. The smallest absolute Gasteiger partial charge is 0.243 e. The number of nitriles is 1. The molecule has 1 saturated heterocycles. The highest BCUT2D eigenvalue weighted by atomic mass is 32.2. The van der Waals surface area contributed by atoms with Crippen LogP contribution >= 0.6 is 0 Å². The van der Waals surface area contributed by atoms with Crippen LogP contribution in [-0.2, 0) is 21.2 Å². The Labute approximate surface area is 126 Å². The van der Waals surface area contributed by atoms with E-state index in [2.05, 4.69) is 0 Å². The van der Waals surface area contributed by atoms with Crippen LogP contribution in [0.4, 0.5) is 0 Å². The molecule has 1 heterocycles. The monoisotopic (exact) mass is 308 g/mol. The van der Waals surface area contributed by atoms with Crippen molar-refractivity contribution in [3.05, 3.63) is 29.8 Å². The van der Waals surface area contributed by atoms with E-state index in [-0.39, 0.29) is 17.4 Å². The third-order valence-corrected chi connectivity index (χ3v) is 5.58. The van der Waals surface area contributed by atoms with Crippen molar-refractivity contribution in [2.45, 2.75) is 37.2 Å². The standard InChI is InChI=1S/C15H20N2O3S/c1-2-17(12-14-4-3-11-20-14)21(18,19)15-7-5-13(6-8-15)9-10-16/h5-8,14H,2-4,9,11-12H2,1H3. The summed E-state index contributed by atoms with van der Waals surface area (Å²) in [6.07, 6.45) is 2.18. The van der Waals surface area contributed by atoms with Gasteiger partial charge in [-0.2, -0.15) is 9.57 Å². The minimum Gasteiger partial charge on any atom is -0.377 e. The predicted molar refractivity (Wildman–Crippen MR) is 79.2 cm³/mol. The van der Waals surface area contributed by atoms with Gasteiger partial charge in [-0.05, 0) is 30.5 Å². The van der Waals surface area contributed by atoms with E-state index in [0.29, 0.717) is 19.7 Å². The molecule has 0 bridgehead atoms. The Balaban J connectivity index is 2.15. The molecule has 21 heavy (non-hydrogen) atoms. The lowest BCUT2D eigenvalue weighted by Gasteiger charge is -2.23. The van der Waals surface area contributed by atoms with E-state index in [1.54, 1.807) is 24.3 Å². The Morgan fingerprint density at radius 2 is 2.10 bits per heavy atom. The van der Waals surface area contributed by atoms with Crippen LogP contribution in [0.25, 0.3) is 0 Å². The highest BCUT2D eigenvalue weighted by Crippen LogP contribution is 2.20. The van der Waals surface area contributed by atoms with Gasteiger partial charge < -0.3 is 4.74 Å². The van der Waals surface area contributed by atoms with Crippen molar-refractivity contribution in [3.63, 3.8) is 0 Å². The molecule has 0 saturated carbocycles. The molecule has 2 rings (SSSR count). The zero-order valence-corrected chi connectivity index (χ0v) is 13.0. The van der Waals surface area contributed by atoms with Crippen LogP contribution in [0, 0.1) is 11.3 Å². The number of hydrogen-bond donors (Lipinski definition) is 0. The van der Waals surface area contributed by atoms with Gasteiger partial charge >= 0.3 is 0 Å². The lowest BCUT2D eigenvalue weighted by Crippen LogP contribution is -2.37. The number of rotatable bonds is 6. The number of likely N-dealkylation sites (N-methyl/N-ethyl adjacent to an activating group) is 1. The fraction of sp³-hybridized carbons (Fsp3) is 0.533. The van der Waals surface area contributed by atoms with E-state index in [1.807, 2.05) is 13.0 Å². The number of hydrogen-bond acceptors (Lipinski definition) is 4. The van der Waals surface area contributed by atoms with Crippen LogP contribution in [0.3, 0.4) is 0 Å². The lowest BCUT2D eigenvalue weighted by atomic mass is 10.2. The summed E-state index contributed by atoms with van der Waals surface area (Å²) in [5.74, 6) is 0. The van der Waals surface area contributed by atoms with E-state index in [4.69, 9.17) is 10.00 Å². The second kappa shape index (κ2) is 7.03. The molecule has 0 amide bonds. The molecule has 1 aliphatic rings. The third kappa shape index (κ3) is 3.82. The maximum Gasteiger partial charge on any atom is 0.243 e. The van der Waals surface area contributed by atoms with Crippen LogP contribution in [-0.4, -0.2) is 38.5 Å². The summed E-state index contributed by atoms with van der Waals surface area (Å²) in [6, 6.07) is 8.57. The van der Waals surface area contributed by atoms with E-state index in [9.17, 15) is 8.42 Å². The normalized spacial score (nSPS) is 18.8. The Bertz CT molecular complexity index is 599. The van der Waals surface area contributed by atoms with Gasteiger partial charge in [-0.15, -0.1) is 0 Å². The molecule has 0 aliphatic carbocycles. The van der Waals surface area contributed by atoms with E-state index in [1.165, 1.54) is 4.31 Å². The molecule has 5 nitrogen and oxygen atoms in total. The fourth-order valence-corrected chi connectivity index (χ4v) is 3.91. The van der Waals surface area contributed by atoms with Gasteiger partial charge in [-0.3, -0.25) is 0 Å². The summed E-state index contributed by atoms with van der Waals surface area (Å²) in [6.45, 7) is 3.36. The van der Waals surface area contributed by atoms with Crippen LogP contribution in [0.5, 0.6) is 0 Å². The average Bonchev–Trinajstić information content (AvgIpc) is 2.98. The van der Waals surface area contributed by atoms with Crippen molar-refractivity contribution in [1.82, 2.24) is 4.31 Å². The molecular formula is C15H20N2O3S. The Morgan fingerprint density at radius 3 is 2.62 bits per heavy atom. The molecular weight excluding hydrogens is 288 g/mol. The molecule has 0 aromatic heterocycles. The number of benzene rings is 1. The molecule has 1 unspecified atom stereocenters. The van der Waals surface area contributed by atoms with Gasteiger partial charge in [0.25, 0.3) is 0 Å². The second-order valence-corrected chi connectivity index (χ2v) is 7.01. The Morgan fingerprint density at radius 1 is 1.38 bits per heavy atom. The van der Waals surface area contributed by atoms with Crippen molar-refractivity contribution in [1.29, 1.82) is 5.26 Å². The van der Waals surface area contributed by atoms with Crippen molar-refractivity contribution in [3.8, 4) is 6.07 Å². The minimum absolute atomic E-state index is 0.00223. The molecule has 1 aromatic carbocycles. The van der Waals surface area contributed by atoms with Gasteiger partial charge in [0.05, 0.1) is 23.5 Å². The first kappa shape index (κ1) is 16.0. The molecule has 1 atom stereocenters. The van der Waals surface area contributed by atoms with Crippen molar-refractivity contribution in [2.75, 3.05) is 19.7 Å². The van der Waals surface area contributed by atoms with E-state index >= 15 is 0 Å². The van der Waals surface area contributed by atoms with Crippen LogP contribution in [0.1, 0.15) is 25.3 Å². The molecule has 0 radical (unpaired) electrons. The highest BCUT2D eigenvalue weighted by Gasteiger charge is 2.27. The SMILES string of the molecule is CCN(CC1CCCO1)S(=O)(=O)c1ccc(CC#N)cc1. The molecule has 114 valence electrons. The largest absolute Gasteiger partial charge is 0.377 e. The van der Waals surface area contributed by atoms with Gasteiger partial charge in [0.2, 0.25) is 10.0 Å². The zero-order valence-electron chi connectivity index (χ0n) is 12.2. The molecule has 1 fully saturated rings. The summed E-state index contributed by atoms with van der Waals surface area (Å²) in [4.78, 5) is 0.268. The van der Waals surface area contributed by atoms with Gasteiger partial charge in [-0.1, -0.05) is 19.1 Å². The summed E-state index contributed by atoms with van der Waals surface area (Å²) >= 11 is 0. The maximum absolute atomic E-state index is 12.6. The third-order valence-electron chi connectivity index (χ3n) is 3.63. The fourth-order valence-electron chi connectivity index (χ4n) is 2.43. The van der Waals surface area contributed by atoms with Crippen LogP contribution < -0.4 is 0 Å². The van der Waals surface area contributed by atoms with Crippen molar-refractivity contribution < 1.29 is 13.2 Å². The molecule has 1 aliphatic heterocycles. The first-order chi connectivity index (χ1) is 10.1. The maximum atomic E-state index is 12.6. The minimum atomic E-state index is -3.50. The topological polar surface area (TPSA) is 70.4 Å². The lowest BCUT2D eigenvalue weighted by molar-refractivity contribution is 0.0947. The summed E-state index contributed by atoms with van der Waals surface area (Å²) in [5, 5.41) is 8.64. The van der Waals surface area contributed by atoms with E-state index < -0.39 is 10.0 Å². The zero-order chi connectivity index (χ0) is 15.3. The summed E-state index contributed by atoms with van der Waals surface area (Å²) in [7, 11) is -3.50. The number of ether oxygens (including phenoxy) is 1.